The van der Waals surface area contributed by atoms with Gasteiger partial charge in [0.25, 0.3) is 0 Å². The molecule has 0 heterocycles. The molecule has 2 nitrogen and oxygen atoms in total. The number of benzene rings is 1. The fraction of sp³-hybridized carbons (Fsp3) is 0.0909. The predicted molar refractivity (Wildman–Crippen MR) is 59.3 cm³/mol. The third-order valence-corrected chi connectivity index (χ3v) is 2.52. The molecule has 1 unspecified atom stereocenters. The van der Waals surface area contributed by atoms with Gasteiger partial charge in [0.1, 0.15) is 0 Å². The fourth-order valence-electron chi connectivity index (χ4n) is 1.18. The highest BCUT2D eigenvalue weighted by Gasteiger charge is 2.07. The van der Waals surface area contributed by atoms with E-state index < -0.39 is 11.1 Å². The van der Waals surface area contributed by atoms with Gasteiger partial charge in [-0.15, -0.1) is 0 Å². The van der Waals surface area contributed by atoms with Crippen LogP contribution in [0.4, 0.5) is 0 Å². The molecule has 0 saturated heterocycles. The molecule has 3 heteroatoms. The third kappa shape index (κ3) is 2.40. The molecule has 0 spiro atoms. The van der Waals surface area contributed by atoms with Crippen molar-refractivity contribution >= 4 is 16.7 Å². The van der Waals surface area contributed by atoms with Crippen molar-refractivity contribution in [1.29, 1.82) is 0 Å². The number of allylic oxidation sites excluding steroid dienone is 3. The van der Waals surface area contributed by atoms with Crippen LogP contribution in [-0.4, -0.2) is 8.76 Å². The summed E-state index contributed by atoms with van der Waals surface area (Å²) in [6.07, 6.45) is 3.66. The summed E-state index contributed by atoms with van der Waals surface area (Å²) in [7, 11) is 0. The van der Waals surface area contributed by atoms with Crippen molar-refractivity contribution in [2.75, 3.05) is 0 Å². The van der Waals surface area contributed by atoms with Crippen LogP contribution in [0.2, 0.25) is 0 Å². The Morgan fingerprint density at radius 3 is 2.71 bits per heavy atom. The second-order valence-corrected chi connectivity index (χ2v) is 3.71. The Bertz CT molecular complexity index is 394. The van der Waals surface area contributed by atoms with E-state index in [1.807, 2.05) is 25.1 Å². The van der Waals surface area contributed by atoms with Crippen molar-refractivity contribution in [3.05, 3.63) is 48.6 Å². The zero-order valence-corrected chi connectivity index (χ0v) is 8.75. The molecule has 1 aromatic carbocycles. The first-order chi connectivity index (χ1) is 6.66. The molecule has 0 aliphatic heterocycles. The van der Waals surface area contributed by atoms with Gasteiger partial charge in [0.15, 0.2) is 11.1 Å². The quantitative estimate of drug-likeness (QED) is 0.612. The van der Waals surface area contributed by atoms with Crippen molar-refractivity contribution in [2.24, 2.45) is 0 Å². The first-order valence-corrected chi connectivity index (χ1v) is 5.29. The molecule has 0 amide bonds. The average molecular weight is 208 g/mol. The monoisotopic (exact) mass is 208 g/mol. The molecule has 0 saturated carbocycles. The molecule has 74 valence electrons. The van der Waals surface area contributed by atoms with Crippen LogP contribution < -0.4 is 0 Å². The lowest BCUT2D eigenvalue weighted by Crippen LogP contribution is -1.93. The molecular weight excluding hydrogens is 196 g/mol. The molecule has 1 aromatic rings. The van der Waals surface area contributed by atoms with Crippen LogP contribution in [0.1, 0.15) is 12.5 Å². The van der Waals surface area contributed by atoms with Crippen LogP contribution in [0.5, 0.6) is 0 Å². The number of rotatable bonds is 3. The van der Waals surface area contributed by atoms with E-state index in [0.29, 0.717) is 10.5 Å². The lowest BCUT2D eigenvalue weighted by atomic mass is 10.1. The van der Waals surface area contributed by atoms with Gasteiger partial charge in [0.2, 0.25) is 0 Å². The van der Waals surface area contributed by atoms with Gasteiger partial charge in [-0.3, -0.25) is 0 Å². The summed E-state index contributed by atoms with van der Waals surface area (Å²) in [5.74, 6) is 0. The minimum atomic E-state index is -1.96. The van der Waals surface area contributed by atoms with E-state index >= 15 is 0 Å². The fourth-order valence-corrected chi connectivity index (χ4v) is 1.76. The largest absolute Gasteiger partial charge is 0.302 e. The minimum Gasteiger partial charge on any atom is -0.302 e. The van der Waals surface area contributed by atoms with E-state index in [1.165, 1.54) is 0 Å². The van der Waals surface area contributed by atoms with E-state index in [1.54, 1.807) is 18.2 Å². The SMILES string of the molecule is C=C(/C=C\C)c1ccccc1S(=O)O. The van der Waals surface area contributed by atoms with Gasteiger partial charge >= 0.3 is 0 Å². The standard InChI is InChI=1S/C11H12O2S/c1-3-6-9(2)10-7-4-5-8-11(10)14(12)13/h3-8H,2H2,1H3,(H,12,13)/b6-3-. The van der Waals surface area contributed by atoms with Gasteiger partial charge in [-0.2, -0.15) is 0 Å². The lowest BCUT2D eigenvalue weighted by molar-refractivity contribution is 0.564. The Hall–Kier alpha value is -1.19. The highest BCUT2D eigenvalue weighted by Crippen LogP contribution is 2.20. The maximum atomic E-state index is 11.0. The first-order valence-electron chi connectivity index (χ1n) is 4.18. The number of hydrogen-bond acceptors (Lipinski definition) is 1. The summed E-state index contributed by atoms with van der Waals surface area (Å²) in [6.45, 7) is 5.70. The summed E-state index contributed by atoms with van der Waals surface area (Å²) >= 11 is -1.96. The molecule has 1 N–H and O–H groups in total. The van der Waals surface area contributed by atoms with Crippen LogP contribution >= 0.6 is 0 Å². The summed E-state index contributed by atoms with van der Waals surface area (Å²) in [5, 5.41) is 0. The summed E-state index contributed by atoms with van der Waals surface area (Å²) in [6, 6.07) is 6.96. The molecule has 0 radical (unpaired) electrons. The Balaban J connectivity index is 3.20. The topological polar surface area (TPSA) is 37.3 Å². The first kappa shape index (κ1) is 10.9. The number of hydrogen-bond donors (Lipinski definition) is 1. The van der Waals surface area contributed by atoms with Crippen LogP contribution in [0.25, 0.3) is 5.57 Å². The molecule has 14 heavy (non-hydrogen) atoms. The van der Waals surface area contributed by atoms with Crippen molar-refractivity contribution in [1.82, 2.24) is 0 Å². The van der Waals surface area contributed by atoms with E-state index in [2.05, 4.69) is 6.58 Å². The van der Waals surface area contributed by atoms with Crippen molar-refractivity contribution < 1.29 is 8.76 Å². The molecule has 1 rings (SSSR count). The van der Waals surface area contributed by atoms with Crippen molar-refractivity contribution in [3.63, 3.8) is 0 Å². The van der Waals surface area contributed by atoms with Gasteiger partial charge in [-0.1, -0.05) is 36.9 Å². The molecular formula is C11H12O2S. The zero-order valence-electron chi connectivity index (χ0n) is 7.93. The highest BCUT2D eigenvalue weighted by atomic mass is 32.2. The van der Waals surface area contributed by atoms with Gasteiger partial charge in [0, 0.05) is 0 Å². The Kier molecular flexibility index (Phi) is 3.80. The summed E-state index contributed by atoms with van der Waals surface area (Å²) in [4.78, 5) is 0.399. The Morgan fingerprint density at radius 1 is 1.50 bits per heavy atom. The normalized spacial score (nSPS) is 13.0. The maximum absolute atomic E-state index is 11.0. The summed E-state index contributed by atoms with van der Waals surface area (Å²) in [5.41, 5.74) is 1.46. The molecule has 0 aliphatic rings. The minimum absolute atomic E-state index is 0.399. The smallest absolute Gasteiger partial charge is 0.187 e. The van der Waals surface area contributed by atoms with E-state index in [4.69, 9.17) is 4.55 Å². The van der Waals surface area contributed by atoms with E-state index in [0.717, 1.165) is 5.57 Å². The van der Waals surface area contributed by atoms with Crippen molar-refractivity contribution in [2.45, 2.75) is 11.8 Å². The van der Waals surface area contributed by atoms with Crippen LogP contribution in [0, 0.1) is 0 Å². The highest BCUT2D eigenvalue weighted by molar-refractivity contribution is 7.79. The third-order valence-electron chi connectivity index (χ3n) is 1.79. The second kappa shape index (κ2) is 4.88. The van der Waals surface area contributed by atoms with Crippen LogP contribution in [0.3, 0.4) is 0 Å². The van der Waals surface area contributed by atoms with Crippen molar-refractivity contribution in [3.8, 4) is 0 Å². The second-order valence-electron chi connectivity index (χ2n) is 2.77. The average Bonchev–Trinajstić information content (AvgIpc) is 2.18. The maximum Gasteiger partial charge on any atom is 0.187 e. The zero-order chi connectivity index (χ0) is 10.6. The summed E-state index contributed by atoms with van der Waals surface area (Å²) < 4.78 is 20.0. The molecule has 0 aliphatic carbocycles. The molecule has 0 bridgehead atoms. The Labute approximate surface area is 86.3 Å². The molecule has 1 atom stereocenters. The molecule has 0 fully saturated rings. The lowest BCUT2D eigenvalue weighted by Gasteiger charge is -2.04. The van der Waals surface area contributed by atoms with Gasteiger partial charge in [-0.05, 0) is 24.1 Å². The van der Waals surface area contributed by atoms with Crippen LogP contribution in [-0.2, 0) is 11.1 Å². The van der Waals surface area contributed by atoms with E-state index in [-0.39, 0.29) is 0 Å². The molecule has 0 aromatic heterocycles. The Morgan fingerprint density at radius 2 is 2.14 bits per heavy atom. The van der Waals surface area contributed by atoms with Gasteiger partial charge < -0.3 is 4.55 Å². The van der Waals surface area contributed by atoms with Gasteiger partial charge in [-0.25, -0.2) is 4.21 Å². The van der Waals surface area contributed by atoms with Gasteiger partial charge in [0.05, 0.1) is 4.90 Å². The predicted octanol–water partition coefficient (Wildman–Crippen LogP) is 2.86. The van der Waals surface area contributed by atoms with Crippen LogP contribution in [0.15, 0.2) is 47.9 Å². The van der Waals surface area contributed by atoms with E-state index in [9.17, 15) is 4.21 Å².